The van der Waals surface area contributed by atoms with Crippen LogP contribution in [-0.4, -0.2) is 29.4 Å². The Bertz CT molecular complexity index is 600. The van der Waals surface area contributed by atoms with Crippen LogP contribution in [0.4, 0.5) is 5.69 Å². The number of carbonyl (C=O) groups is 1. The summed E-state index contributed by atoms with van der Waals surface area (Å²) in [5.74, 6) is -0.0311. The molecular formula is C14H16BrN3OS. The van der Waals surface area contributed by atoms with Crippen molar-refractivity contribution in [2.24, 2.45) is 0 Å². The van der Waals surface area contributed by atoms with Gasteiger partial charge < -0.3 is 10.2 Å². The van der Waals surface area contributed by atoms with E-state index in [1.807, 2.05) is 24.4 Å². The highest BCUT2D eigenvalue weighted by molar-refractivity contribution is 9.11. The Morgan fingerprint density at radius 3 is 3.00 bits per heavy atom. The summed E-state index contributed by atoms with van der Waals surface area (Å²) in [4.78, 5) is 18.2. The second kappa shape index (κ2) is 6.85. The molecule has 0 aliphatic heterocycles. The summed E-state index contributed by atoms with van der Waals surface area (Å²) in [6, 6.07) is 3.86. The van der Waals surface area contributed by atoms with E-state index < -0.39 is 0 Å². The van der Waals surface area contributed by atoms with Crippen molar-refractivity contribution in [2.75, 3.05) is 18.9 Å². The lowest BCUT2D eigenvalue weighted by Crippen LogP contribution is -2.27. The van der Waals surface area contributed by atoms with Gasteiger partial charge in [-0.15, -0.1) is 11.3 Å². The first-order chi connectivity index (χ1) is 9.61. The summed E-state index contributed by atoms with van der Waals surface area (Å²) < 4.78 is 1.07. The summed E-state index contributed by atoms with van der Waals surface area (Å²) in [7, 11) is 1.80. The summed E-state index contributed by atoms with van der Waals surface area (Å²) in [6.07, 6.45) is 3.30. The van der Waals surface area contributed by atoms with Crippen LogP contribution in [0.15, 0.2) is 33.7 Å². The number of thiophene rings is 1. The van der Waals surface area contributed by atoms with Gasteiger partial charge >= 0.3 is 0 Å². The molecule has 0 saturated heterocycles. The molecule has 4 nitrogen and oxygen atoms in total. The van der Waals surface area contributed by atoms with Crippen LogP contribution < -0.4 is 5.32 Å². The Morgan fingerprint density at radius 1 is 1.55 bits per heavy atom. The van der Waals surface area contributed by atoms with Crippen LogP contribution in [0.25, 0.3) is 0 Å². The molecule has 0 aromatic carbocycles. The quantitative estimate of drug-likeness (QED) is 0.892. The van der Waals surface area contributed by atoms with Crippen molar-refractivity contribution in [3.05, 3.63) is 44.8 Å². The van der Waals surface area contributed by atoms with E-state index in [2.05, 4.69) is 26.2 Å². The first kappa shape index (κ1) is 15.0. The van der Waals surface area contributed by atoms with Crippen LogP contribution in [-0.2, 0) is 6.54 Å². The zero-order chi connectivity index (χ0) is 14.5. The number of hydrogen-bond acceptors (Lipinski definition) is 4. The lowest BCUT2D eigenvalue weighted by molar-refractivity contribution is 0.0786. The number of nitrogens with zero attached hydrogens (tertiary/aromatic N) is 2. The van der Waals surface area contributed by atoms with Crippen molar-refractivity contribution >= 4 is 38.9 Å². The molecule has 0 aliphatic rings. The molecule has 2 aromatic heterocycles. The molecule has 0 aliphatic carbocycles. The topological polar surface area (TPSA) is 45.2 Å². The Morgan fingerprint density at radius 2 is 2.35 bits per heavy atom. The van der Waals surface area contributed by atoms with Crippen molar-refractivity contribution in [3.8, 4) is 0 Å². The van der Waals surface area contributed by atoms with E-state index in [-0.39, 0.29) is 5.91 Å². The number of nitrogens with one attached hydrogen (secondary N) is 1. The molecule has 0 spiro atoms. The maximum atomic E-state index is 12.5. The van der Waals surface area contributed by atoms with Gasteiger partial charge in [0, 0.05) is 32.5 Å². The van der Waals surface area contributed by atoms with Crippen LogP contribution >= 0.6 is 27.3 Å². The lowest BCUT2D eigenvalue weighted by atomic mass is 10.2. The highest BCUT2D eigenvalue weighted by Gasteiger charge is 2.16. The number of amides is 1. The number of halogens is 1. The van der Waals surface area contributed by atoms with E-state index in [1.165, 1.54) is 0 Å². The molecule has 0 bridgehead atoms. The fraction of sp³-hybridized carbons (Fsp3) is 0.286. The van der Waals surface area contributed by atoms with Crippen molar-refractivity contribution in [3.63, 3.8) is 0 Å². The van der Waals surface area contributed by atoms with Crippen molar-refractivity contribution in [1.82, 2.24) is 9.88 Å². The van der Waals surface area contributed by atoms with E-state index in [1.54, 1.807) is 35.7 Å². The molecule has 6 heteroatoms. The molecule has 2 heterocycles. The largest absolute Gasteiger partial charge is 0.385 e. The van der Waals surface area contributed by atoms with Gasteiger partial charge in [0.05, 0.1) is 15.0 Å². The minimum Gasteiger partial charge on any atom is -0.385 e. The van der Waals surface area contributed by atoms with Crippen LogP contribution in [0, 0.1) is 0 Å². The predicted molar refractivity (Wildman–Crippen MR) is 86.2 cm³/mol. The van der Waals surface area contributed by atoms with Crippen molar-refractivity contribution in [1.29, 1.82) is 0 Å². The SMILES string of the molecule is CCNc1ccncc1C(=O)N(C)Cc1csc(Br)c1. The molecule has 106 valence electrons. The molecule has 0 radical (unpaired) electrons. The number of aromatic nitrogens is 1. The van der Waals surface area contributed by atoms with E-state index in [0.29, 0.717) is 12.1 Å². The first-order valence-corrected chi connectivity index (χ1v) is 7.95. The third-order valence-corrected chi connectivity index (χ3v) is 4.36. The number of rotatable bonds is 5. The maximum Gasteiger partial charge on any atom is 0.257 e. The minimum atomic E-state index is -0.0311. The molecule has 2 rings (SSSR count). The molecule has 2 aromatic rings. The molecule has 1 amide bonds. The van der Waals surface area contributed by atoms with Gasteiger partial charge in [-0.3, -0.25) is 9.78 Å². The minimum absolute atomic E-state index is 0.0311. The molecule has 1 N–H and O–H groups in total. The Kier molecular flexibility index (Phi) is 5.14. The van der Waals surface area contributed by atoms with Gasteiger partial charge in [0.2, 0.25) is 0 Å². The predicted octanol–water partition coefficient (Wildman–Crippen LogP) is 3.61. The highest BCUT2D eigenvalue weighted by atomic mass is 79.9. The summed E-state index contributed by atoms with van der Waals surface area (Å²) in [5, 5.41) is 5.23. The average Bonchev–Trinajstić information content (AvgIpc) is 2.84. The van der Waals surface area contributed by atoms with E-state index >= 15 is 0 Å². The Balaban J connectivity index is 2.14. The third-order valence-electron chi connectivity index (χ3n) is 2.81. The molecule has 0 atom stereocenters. The molecule has 0 unspecified atom stereocenters. The van der Waals surface area contributed by atoms with Gasteiger partial charge in [0.25, 0.3) is 5.91 Å². The summed E-state index contributed by atoms with van der Waals surface area (Å²) >= 11 is 5.05. The normalized spacial score (nSPS) is 10.3. The van der Waals surface area contributed by atoms with Crippen LogP contribution in [0.3, 0.4) is 0 Å². The molecule has 20 heavy (non-hydrogen) atoms. The highest BCUT2D eigenvalue weighted by Crippen LogP contribution is 2.22. The van der Waals surface area contributed by atoms with Gasteiger partial charge in [0.15, 0.2) is 0 Å². The Hall–Kier alpha value is -1.40. The van der Waals surface area contributed by atoms with Gasteiger partial charge in [-0.25, -0.2) is 0 Å². The van der Waals surface area contributed by atoms with Gasteiger partial charge in [-0.05, 0) is 45.9 Å². The standard InChI is InChI=1S/C14H16BrN3OS/c1-3-17-12-4-5-16-7-11(12)14(19)18(2)8-10-6-13(15)20-9-10/h4-7,9H,3,8H2,1-2H3,(H,16,17). The lowest BCUT2D eigenvalue weighted by Gasteiger charge is -2.18. The second-order valence-electron chi connectivity index (χ2n) is 4.37. The average molecular weight is 354 g/mol. The monoisotopic (exact) mass is 353 g/mol. The van der Waals surface area contributed by atoms with Crippen LogP contribution in [0.2, 0.25) is 0 Å². The Labute approximate surface area is 131 Å². The van der Waals surface area contributed by atoms with E-state index in [4.69, 9.17) is 0 Å². The zero-order valence-corrected chi connectivity index (χ0v) is 13.8. The first-order valence-electron chi connectivity index (χ1n) is 6.28. The molecule has 0 fully saturated rings. The number of anilines is 1. The van der Waals surface area contributed by atoms with E-state index in [9.17, 15) is 4.79 Å². The van der Waals surface area contributed by atoms with Gasteiger partial charge in [-0.2, -0.15) is 0 Å². The summed E-state index contributed by atoms with van der Waals surface area (Å²) in [6.45, 7) is 3.36. The number of pyridine rings is 1. The van der Waals surface area contributed by atoms with Gasteiger partial charge in [-0.1, -0.05) is 0 Å². The zero-order valence-electron chi connectivity index (χ0n) is 11.4. The van der Waals surface area contributed by atoms with Crippen LogP contribution in [0.5, 0.6) is 0 Å². The third kappa shape index (κ3) is 3.58. The van der Waals surface area contributed by atoms with Crippen molar-refractivity contribution < 1.29 is 4.79 Å². The van der Waals surface area contributed by atoms with E-state index in [0.717, 1.165) is 21.6 Å². The summed E-state index contributed by atoms with van der Waals surface area (Å²) in [5.41, 5.74) is 2.55. The molecule has 0 saturated carbocycles. The van der Waals surface area contributed by atoms with Crippen LogP contribution in [0.1, 0.15) is 22.8 Å². The maximum absolute atomic E-state index is 12.5. The smallest absolute Gasteiger partial charge is 0.257 e. The fourth-order valence-corrected chi connectivity index (χ4v) is 3.09. The fourth-order valence-electron chi connectivity index (χ4n) is 1.89. The molecular weight excluding hydrogens is 338 g/mol. The second-order valence-corrected chi connectivity index (χ2v) is 6.66. The number of hydrogen-bond donors (Lipinski definition) is 1. The van der Waals surface area contributed by atoms with Crippen molar-refractivity contribution in [2.45, 2.75) is 13.5 Å². The number of carbonyl (C=O) groups excluding carboxylic acids is 1. The van der Waals surface area contributed by atoms with Gasteiger partial charge in [0.1, 0.15) is 0 Å².